The fourth-order valence-electron chi connectivity index (χ4n) is 10.5. The zero-order valence-corrected chi connectivity index (χ0v) is 46.5. The summed E-state index contributed by atoms with van der Waals surface area (Å²) in [4.78, 5) is 37.9. The van der Waals surface area contributed by atoms with Gasteiger partial charge in [0, 0.05) is 20.8 Å². The number of nitrogens with one attached hydrogen (secondary N) is 3. The van der Waals surface area contributed by atoms with Crippen LogP contribution in [0.2, 0.25) is 0 Å². The van der Waals surface area contributed by atoms with Crippen molar-refractivity contribution >= 4 is 17.7 Å². The van der Waals surface area contributed by atoms with Crippen LogP contribution in [-0.4, -0.2) is 363 Å². The lowest BCUT2D eigenvalue weighted by Gasteiger charge is -2.48. The Labute approximate surface area is 483 Å². The second-order valence-corrected chi connectivity index (χ2v) is 21.6. The summed E-state index contributed by atoms with van der Waals surface area (Å²) < 4.78 is 69.4. The zero-order valence-electron chi connectivity index (χ0n) is 46.5. The summed E-state index contributed by atoms with van der Waals surface area (Å²) in [6.45, 7) is -0.442. The van der Waals surface area contributed by atoms with Gasteiger partial charge in [-0.15, -0.1) is 0 Å². The third-order valence-corrected chi connectivity index (χ3v) is 15.3. The van der Waals surface area contributed by atoms with Gasteiger partial charge in [0.15, 0.2) is 37.7 Å². The number of carbonyl (C=O) groups is 3. The second-order valence-electron chi connectivity index (χ2n) is 21.6. The van der Waals surface area contributed by atoms with Crippen molar-refractivity contribution in [2.45, 2.75) is 243 Å². The highest BCUT2D eigenvalue weighted by Gasteiger charge is 2.56. The monoisotopic (exact) mass is 1250 g/mol. The van der Waals surface area contributed by atoms with E-state index in [1.165, 1.54) is 13.8 Å². The van der Waals surface area contributed by atoms with E-state index in [4.69, 9.17) is 56.8 Å². The third kappa shape index (κ3) is 16.6. The van der Waals surface area contributed by atoms with E-state index in [2.05, 4.69) is 16.0 Å². The van der Waals surface area contributed by atoms with Gasteiger partial charge in [-0.05, 0) is 13.8 Å². The molecule has 22 N–H and O–H groups in total. The summed E-state index contributed by atoms with van der Waals surface area (Å²) in [5, 5.41) is 213. The molecule has 0 aromatic heterocycles. The molecule has 0 aromatic carbocycles. The van der Waals surface area contributed by atoms with E-state index in [0.717, 1.165) is 20.8 Å². The van der Waals surface area contributed by atoms with Crippen LogP contribution in [0.25, 0.3) is 0 Å². The quantitative estimate of drug-likeness (QED) is 0.0427. The van der Waals surface area contributed by atoms with E-state index in [9.17, 15) is 111 Å². The highest BCUT2D eigenvalue weighted by Crippen LogP contribution is 2.35. The highest BCUT2D eigenvalue weighted by atomic mass is 16.8. The molecule has 6 heterocycles. The van der Waals surface area contributed by atoms with Crippen molar-refractivity contribution in [1.29, 1.82) is 0 Å². The van der Waals surface area contributed by atoms with Crippen molar-refractivity contribution in [1.82, 2.24) is 16.0 Å². The summed E-state index contributed by atoms with van der Waals surface area (Å²) in [5.74, 6) is -2.51. The minimum atomic E-state index is -2.41. The molecule has 0 aromatic rings. The maximum atomic E-state index is 12.7. The van der Waals surface area contributed by atoms with Crippen LogP contribution in [-0.2, 0) is 71.2 Å². The normalized spacial score (nSPS) is 45.9. The van der Waals surface area contributed by atoms with Crippen LogP contribution in [0, 0.1) is 0 Å². The number of hydrogen-bond acceptors (Lipinski definition) is 34. The Morgan fingerprint density at radius 2 is 0.824 bits per heavy atom. The van der Waals surface area contributed by atoms with E-state index in [1.807, 2.05) is 0 Å². The molecule has 6 aliphatic rings. The molecule has 0 spiro atoms. The SMILES string of the molecule is CC(=O)N[C@H]1[C@H](OC[C@@H](O)[C@H](O)[C@H](O[C@@H]2O[C@H](CO[C@@H]3O[C@H](CO)[C@@H](O)[C@H](O[C@H]4O[C@H](C)[C@H](O)[C@H](O)[C@H]4O)[C@H]3NC(C)=O)[C@H](O)[C@H](O[C@@H]3O[C@H](CO)[C@H](O)[C@H](O)[C@H]3O)[C@H]2O)[C@H](CO)NC(C)=O)O[C@H](CO)[C@@H](O)[C@@H]1O[C@H]1O[C@H](C)[C@H](O)[C@H](O)[C@H]1O. The average molecular weight is 1250 g/mol. The number of ether oxygens (including phenoxy) is 12. The lowest BCUT2D eigenvalue weighted by Crippen LogP contribution is -2.68. The van der Waals surface area contributed by atoms with Gasteiger partial charge in [-0.2, -0.15) is 0 Å². The van der Waals surface area contributed by atoms with Gasteiger partial charge in [0.05, 0.1) is 57.9 Å². The summed E-state index contributed by atoms with van der Waals surface area (Å²) in [7, 11) is 0. The molecule has 6 fully saturated rings. The Morgan fingerprint density at radius 3 is 1.26 bits per heavy atom. The molecule has 494 valence electrons. The average Bonchev–Trinajstić information content (AvgIpc) is 3.66. The van der Waals surface area contributed by atoms with Crippen molar-refractivity contribution in [2.24, 2.45) is 0 Å². The van der Waals surface area contributed by atoms with Gasteiger partial charge < -0.3 is 170 Å². The number of rotatable bonds is 24. The van der Waals surface area contributed by atoms with Crippen LogP contribution < -0.4 is 16.0 Å². The number of hydrogen-bond donors (Lipinski definition) is 22. The minimum Gasteiger partial charge on any atom is -0.394 e. The van der Waals surface area contributed by atoms with Crippen molar-refractivity contribution in [3.8, 4) is 0 Å². The predicted octanol–water partition coefficient (Wildman–Crippen LogP) is -14.2. The molecule has 0 aliphatic carbocycles. The minimum absolute atomic E-state index is 0.808. The highest BCUT2D eigenvalue weighted by molar-refractivity contribution is 5.74. The standard InChI is InChI=1S/C48H83N3O34/c1-12-25(60)32(67)35(70)45(76-12)83-40-23(50-15(4)57)43(78-20(8-54)29(40)64)74-10-18(59)27(62)39(17(6-52)49-14(3)56)82-48-38(73)42(85-47-37(72)34(69)28(63)19(7-53)80-47)31(66)22(81-48)11-75-44-24(51-16(5)58)41(30(65)21(9-55)79-44)84-46-36(71)33(68)26(61)13(2)77-46/h12-13,17-48,52-55,59-73H,6-11H2,1-5H3,(H,49,56)(H,50,57)(H,51,58)/t12-,13-,17+,18-,19-,20-,21-,22-,23-,24-,25+,26+,27+,28+,29-,30-,31+,32+,33+,34+,35-,36-,37-,38-,39-,40-,41-,42+,43-,44-,45-,46-,47+,48+/m1/s1. The van der Waals surface area contributed by atoms with Gasteiger partial charge >= 0.3 is 0 Å². The van der Waals surface area contributed by atoms with Gasteiger partial charge in [-0.1, -0.05) is 0 Å². The largest absolute Gasteiger partial charge is 0.394 e. The molecule has 0 radical (unpaired) electrons. The maximum Gasteiger partial charge on any atom is 0.217 e. The Morgan fingerprint density at radius 1 is 0.435 bits per heavy atom. The molecule has 3 amide bonds. The molecule has 0 unspecified atom stereocenters. The van der Waals surface area contributed by atoms with Crippen LogP contribution in [0.4, 0.5) is 0 Å². The first-order valence-electron chi connectivity index (χ1n) is 27.2. The summed E-state index contributed by atoms with van der Waals surface area (Å²) >= 11 is 0. The van der Waals surface area contributed by atoms with E-state index in [0.29, 0.717) is 0 Å². The summed E-state index contributed by atoms with van der Waals surface area (Å²) in [6.07, 6.45) is -58.7. The Bertz CT molecular complexity index is 2100. The molecule has 34 atom stereocenters. The van der Waals surface area contributed by atoms with Crippen molar-refractivity contribution in [3.63, 3.8) is 0 Å². The molecule has 6 rings (SSSR count). The maximum absolute atomic E-state index is 12.7. The topological polar surface area (TPSA) is 582 Å². The fourth-order valence-corrected chi connectivity index (χ4v) is 10.5. The van der Waals surface area contributed by atoms with Gasteiger partial charge in [-0.25, -0.2) is 0 Å². The second kappa shape index (κ2) is 31.3. The van der Waals surface area contributed by atoms with Crippen LogP contribution in [0.5, 0.6) is 0 Å². The fraction of sp³-hybridized carbons (Fsp3) is 0.938. The third-order valence-electron chi connectivity index (χ3n) is 15.3. The predicted molar refractivity (Wildman–Crippen MR) is 266 cm³/mol. The Kier molecular flexibility index (Phi) is 26.2. The Hall–Kier alpha value is -2.83. The Balaban J connectivity index is 1.30. The molecule has 85 heavy (non-hydrogen) atoms. The summed E-state index contributed by atoms with van der Waals surface area (Å²) in [6, 6.07) is -5.09. The van der Waals surface area contributed by atoms with E-state index in [1.54, 1.807) is 0 Å². The molecule has 0 bridgehead atoms. The molecule has 6 saturated heterocycles. The van der Waals surface area contributed by atoms with Crippen molar-refractivity contribution in [3.05, 3.63) is 0 Å². The van der Waals surface area contributed by atoms with Crippen LogP contribution in [0.3, 0.4) is 0 Å². The van der Waals surface area contributed by atoms with Gasteiger partial charge in [0.25, 0.3) is 0 Å². The van der Waals surface area contributed by atoms with Crippen LogP contribution >= 0.6 is 0 Å². The molecular weight excluding hydrogens is 1160 g/mol. The van der Waals surface area contributed by atoms with Gasteiger partial charge in [0.1, 0.15) is 152 Å². The van der Waals surface area contributed by atoms with Crippen molar-refractivity contribution in [2.75, 3.05) is 39.6 Å². The number of amides is 3. The first-order valence-corrected chi connectivity index (χ1v) is 27.2. The number of aliphatic hydroxyl groups excluding tert-OH is 19. The molecule has 37 heteroatoms. The first kappa shape index (κ1) is 71.2. The van der Waals surface area contributed by atoms with E-state index in [-0.39, 0.29) is 0 Å². The lowest BCUT2D eigenvalue weighted by molar-refractivity contribution is -0.373. The first-order chi connectivity index (χ1) is 40.0. The van der Waals surface area contributed by atoms with Gasteiger partial charge in [-0.3, -0.25) is 14.4 Å². The molecule has 37 nitrogen and oxygen atoms in total. The van der Waals surface area contributed by atoms with Crippen LogP contribution in [0.15, 0.2) is 0 Å². The van der Waals surface area contributed by atoms with E-state index >= 15 is 0 Å². The molecular formula is C48H83N3O34. The van der Waals surface area contributed by atoms with Gasteiger partial charge in [0.2, 0.25) is 17.7 Å². The van der Waals surface area contributed by atoms with Crippen LogP contribution in [0.1, 0.15) is 34.6 Å². The lowest BCUT2D eigenvalue weighted by atomic mass is 9.95. The number of aliphatic hydroxyl groups is 19. The molecule has 6 aliphatic heterocycles. The molecule has 0 saturated carbocycles. The van der Waals surface area contributed by atoms with E-state index < -0.39 is 266 Å². The summed E-state index contributed by atoms with van der Waals surface area (Å²) in [5.41, 5.74) is 0. The smallest absolute Gasteiger partial charge is 0.217 e. The number of carbonyl (C=O) groups excluding carboxylic acids is 3. The van der Waals surface area contributed by atoms with Crippen molar-refractivity contribution < 1.29 is 168 Å². The zero-order chi connectivity index (χ0) is 63.2.